The molecule has 3 aliphatic rings. The van der Waals surface area contributed by atoms with E-state index in [0.717, 1.165) is 25.7 Å². The van der Waals surface area contributed by atoms with Crippen LogP contribution >= 0.6 is 0 Å². The van der Waals surface area contributed by atoms with Gasteiger partial charge in [-0.15, -0.1) is 0 Å². The van der Waals surface area contributed by atoms with E-state index < -0.39 is 6.10 Å². The number of aliphatic hydroxyl groups excluding tert-OH is 1. The molecule has 1 aromatic heterocycles. The standard InChI is InChI=1S/C21H33N5O3/c1-24-18(7-10-22-24)21(29)25-11-8-16(9-12-25)26-14-17(27)13-19(26)20(28)23-15-5-3-2-4-6-15/h7,10,15-17,19,27H,2-6,8-9,11-14H2,1H3,(H,23,28)/t17-,19+/m1/s1. The van der Waals surface area contributed by atoms with E-state index in [4.69, 9.17) is 0 Å². The molecule has 0 spiro atoms. The first-order chi connectivity index (χ1) is 14.0. The van der Waals surface area contributed by atoms with Gasteiger partial charge in [0.1, 0.15) is 5.69 Å². The molecule has 0 unspecified atom stereocenters. The largest absolute Gasteiger partial charge is 0.392 e. The lowest BCUT2D eigenvalue weighted by molar-refractivity contribution is -0.127. The maximum absolute atomic E-state index is 12.9. The summed E-state index contributed by atoms with van der Waals surface area (Å²) in [6, 6.07) is 2.01. The molecule has 8 heteroatoms. The second-order valence-electron chi connectivity index (χ2n) is 8.81. The number of aliphatic hydroxyl groups is 1. The lowest BCUT2D eigenvalue weighted by atomic mass is 9.95. The van der Waals surface area contributed by atoms with Gasteiger partial charge in [-0.05, 0) is 38.2 Å². The Balaban J connectivity index is 1.34. The normalized spacial score (nSPS) is 27.3. The predicted molar refractivity (Wildman–Crippen MR) is 108 cm³/mol. The second kappa shape index (κ2) is 8.83. The number of nitrogens with one attached hydrogen (secondary N) is 1. The smallest absolute Gasteiger partial charge is 0.272 e. The van der Waals surface area contributed by atoms with Gasteiger partial charge in [-0.25, -0.2) is 0 Å². The summed E-state index contributed by atoms with van der Waals surface area (Å²) >= 11 is 0. The first kappa shape index (κ1) is 20.3. The van der Waals surface area contributed by atoms with Crippen LogP contribution in [-0.2, 0) is 11.8 Å². The summed E-state index contributed by atoms with van der Waals surface area (Å²) in [6.45, 7) is 1.87. The number of aromatic nitrogens is 2. The first-order valence-electron chi connectivity index (χ1n) is 11.0. The average molecular weight is 404 g/mol. The van der Waals surface area contributed by atoms with Crippen LogP contribution in [0.15, 0.2) is 12.3 Å². The highest BCUT2D eigenvalue weighted by molar-refractivity contribution is 5.92. The molecule has 2 atom stereocenters. The molecule has 2 saturated heterocycles. The van der Waals surface area contributed by atoms with E-state index in [2.05, 4.69) is 15.3 Å². The summed E-state index contributed by atoms with van der Waals surface area (Å²) in [7, 11) is 1.78. The maximum Gasteiger partial charge on any atom is 0.272 e. The third-order valence-corrected chi connectivity index (χ3v) is 6.83. The second-order valence-corrected chi connectivity index (χ2v) is 8.81. The molecule has 1 saturated carbocycles. The van der Waals surface area contributed by atoms with Gasteiger partial charge < -0.3 is 15.3 Å². The summed E-state index contributed by atoms with van der Waals surface area (Å²) in [4.78, 5) is 29.7. The van der Waals surface area contributed by atoms with Gasteiger partial charge in [0.2, 0.25) is 5.91 Å². The summed E-state index contributed by atoms with van der Waals surface area (Å²) in [5.41, 5.74) is 0.602. The molecular formula is C21H33N5O3. The van der Waals surface area contributed by atoms with Crippen LogP contribution in [-0.4, -0.2) is 80.4 Å². The molecule has 2 amide bonds. The number of carbonyl (C=O) groups excluding carboxylic acids is 2. The van der Waals surface area contributed by atoms with Crippen LogP contribution in [0.25, 0.3) is 0 Å². The molecular weight excluding hydrogens is 370 g/mol. The van der Waals surface area contributed by atoms with Gasteiger partial charge in [0.15, 0.2) is 0 Å². The van der Waals surface area contributed by atoms with Crippen LogP contribution in [0.1, 0.15) is 61.9 Å². The lowest BCUT2D eigenvalue weighted by Crippen LogP contribution is -2.53. The van der Waals surface area contributed by atoms with Crippen molar-refractivity contribution < 1.29 is 14.7 Å². The van der Waals surface area contributed by atoms with Gasteiger partial charge in [-0.3, -0.25) is 19.2 Å². The van der Waals surface area contributed by atoms with E-state index in [1.54, 1.807) is 24.0 Å². The lowest BCUT2D eigenvalue weighted by Gasteiger charge is -2.39. The van der Waals surface area contributed by atoms with Gasteiger partial charge in [0, 0.05) is 45.0 Å². The minimum absolute atomic E-state index is 0.0106. The quantitative estimate of drug-likeness (QED) is 0.780. The minimum atomic E-state index is -0.453. The monoisotopic (exact) mass is 403 g/mol. The van der Waals surface area contributed by atoms with Crippen LogP contribution in [0, 0.1) is 0 Å². The number of aryl methyl sites for hydroxylation is 1. The Bertz CT molecular complexity index is 722. The van der Waals surface area contributed by atoms with Crippen molar-refractivity contribution in [3.63, 3.8) is 0 Å². The van der Waals surface area contributed by atoms with Crippen molar-refractivity contribution in [2.24, 2.45) is 7.05 Å². The first-order valence-corrected chi connectivity index (χ1v) is 11.0. The number of hydrogen-bond acceptors (Lipinski definition) is 5. The Hall–Kier alpha value is -1.93. The van der Waals surface area contributed by atoms with Gasteiger partial charge in [-0.2, -0.15) is 5.10 Å². The van der Waals surface area contributed by atoms with E-state index >= 15 is 0 Å². The molecule has 2 N–H and O–H groups in total. The van der Waals surface area contributed by atoms with Gasteiger partial charge in [0.05, 0.1) is 12.1 Å². The maximum atomic E-state index is 12.9. The topological polar surface area (TPSA) is 90.7 Å². The van der Waals surface area contributed by atoms with Crippen molar-refractivity contribution in [3.8, 4) is 0 Å². The summed E-state index contributed by atoms with van der Waals surface area (Å²) in [6.07, 6.45) is 9.10. The molecule has 1 aliphatic carbocycles. The Labute approximate surface area is 172 Å². The van der Waals surface area contributed by atoms with Crippen LogP contribution < -0.4 is 5.32 Å². The number of amides is 2. The van der Waals surface area contributed by atoms with Gasteiger partial charge >= 0.3 is 0 Å². The van der Waals surface area contributed by atoms with Crippen molar-refractivity contribution in [2.45, 2.75) is 75.6 Å². The van der Waals surface area contributed by atoms with Crippen molar-refractivity contribution in [1.82, 2.24) is 24.9 Å². The van der Waals surface area contributed by atoms with Crippen molar-refractivity contribution in [3.05, 3.63) is 18.0 Å². The SMILES string of the molecule is Cn1nccc1C(=O)N1CCC(N2C[C@H](O)C[C@H]2C(=O)NC2CCCCC2)CC1. The minimum Gasteiger partial charge on any atom is -0.392 e. The summed E-state index contributed by atoms with van der Waals surface area (Å²) < 4.78 is 1.61. The number of rotatable bonds is 4. The number of hydrogen-bond donors (Lipinski definition) is 2. The molecule has 160 valence electrons. The third-order valence-electron chi connectivity index (χ3n) is 6.83. The fraction of sp³-hybridized carbons (Fsp3) is 0.762. The zero-order chi connectivity index (χ0) is 20.4. The Morgan fingerprint density at radius 2 is 1.86 bits per heavy atom. The third kappa shape index (κ3) is 4.48. The van der Waals surface area contributed by atoms with Gasteiger partial charge in [-0.1, -0.05) is 19.3 Å². The number of carbonyl (C=O) groups is 2. The highest BCUT2D eigenvalue weighted by Crippen LogP contribution is 2.28. The summed E-state index contributed by atoms with van der Waals surface area (Å²) in [5.74, 6) is 0.0818. The molecule has 29 heavy (non-hydrogen) atoms. The molecule has 0 aromatic carbocycles. The highest BCUT2D eigenvalue weighted by atomic mass is 16.3. The van der Waals surface area contributed by atoms with E-state index in [9.17, 15) is 14.7 Å². The summed E-state index contributed by atoms with van der Waals surface area (Å²) in [5, 5.41) is 17.6. The number of likely N-dealkylation sites (tertiary alicyclic amines) is 2. The van der Waals surface area contributed by atoms with Gasteiger partial charge in [0.25, 0.3) is 5.91 Å². The average Bonchev–Trinajstić information content (AvgIpc) is 3.34. The zero-order valence-electron chi connectivity index (χ0n) is 17.3. The van der Waals surface area contributed by atoms with Crippen molar-refractivity contribution >= 4 is 11.8 Å². The number of β-amino-alcohol motifs (C(OH)–C–C–N with tert-alkyl or cyclic N) is 1. The van der Waals surface area contributed by atoms with Crippen LogP contribution in [0.5, 0.6) is 0 Å². The van der Waals surface area contributed by atoms with Crippen molar-refractivity contribution in [1.29, 1.82) is 0 Å². The molecule has 3 fully saturated rings. The van der Waals surface area contributed by atoms with Crippen molar-refractivity contribution in [2.75, 3.05) is 19.6 Å². The Morgan fingerprint density at radius 3 is 2.52 bits per heavy atom. The molecule has 3 heterocycles. The van der Waals surface area contributed by atoms with E-state index in [1.807, 2.05) is 4.90 Å². The van der Waals surface area contributed by atoms with Crippen LogP contribution in [0.2, 0.25) is 0 Å². The molecule has 8 nitrogen and oxygen atoms in total. The van der Waals surface area contributed by atoms with Crippen LogP contribution in [0.4, 0.5) is 0 Å². The fourth-order valence-electron chi connectivity index (χ4n) is 5.19. The number of nitrogens with zero attached hydrogens (tertiary/aromatic N) is 4. The van der Waals surface area contributed by atoms with E-state index in [-0.39, 0.29) is 29.9 Å². The van der Waals surface area contributed by atoms with E-state index in [0.29, 0.717) is 31.7 Å². The molecule has 2 aliphatic heterocycles. The number of piperidine rings is 1. The molecule has 1 aromatic rings. The molecule has 0 bridgehead atoms. The molecule has 4 rings (SSSR count). The van der Waals surface area contributed by atoms with Crippen LogP contribution in [0.3, 0.4) is 0 Å². The highest BCUT2D eigenvalue weighted by Gasteiger charge is 2.41. The Morgan fingerprint density at radius 1 is 1.14 bits per heavy atom. The van der Waals surface area contributed by atoms with E-state index in [1.165, 1.54) is 19.3 Å². The zero-order valence-corrected chi connectivity index (χ0v) is 17.3. The Kier molecular flexibility index (Phi) is 6.20. The fourth-order valence-corrected chi connectivity index (χ4v) is 5.19. The molecule has 0 radical (unpaired) electrons. The predicted octanol–water partition coefficient (Wildman–Crippen LogP) is 0.909.